The Hall–Kier alpha value is -1.26. The highest BCUT2D eigenvalue weighted by Crippen LogP contribution is 2.44. The zero-order valence-electron chi connectivity index (χ0n) is 12.2. The Labute approximate surface area is 115 Å². The lowest BCUT2D eigenvalue weighted by Crippen LogP contribution is -2.20. The SMILES string of the molecule is COc1c(C)c(C)cc(C2CC(CN)CN2C)c1O. The van der Waals surface area contributed by atoms with Gasteiger partial charge in [-0.1, -0.05) is 6.07 Å². The van der Waals surface area contributed by atoms with E-state index < -0.39 is 0 Å². The number of phenolic OH excluding ortho intramolecular Hbond substituents is 1. The van der Waals surface area contributed by atoms with E-state index in [-0.39, 0.29) is 11.8 Å². The highest BCUT2D eigenvalue weighted by molar-refractivity contribution is 5.55. The lowest BCUT2D eigenvalue weighted by molar-refractivity contribution is 0.300. The minimum atomic E-state index is 0.224. The first kappa shape index (κ1) is 14.2. The number of likely N-dealkylation sites (tertiary alicyclic amines) is 1. The van der Waals surface area contributed by atoms with Crippen LogP contribution < -0.4 is 10.5 Å². The van der Waals surface area contributed by atoms with Gasteiger partial charge in [0.25, 0.3) is 0 Å². The molecule has 1 fully saturated rings. The molecule has 1 saturated heterocycles. The van der Waals surface area contributed by atoms with Crippen molar-refractivity contribution in [2.45, 2.75) is 26.3 Å². The molecule has 0 spiro atoms. The fraction of sp³-hybridized carbons (Fsp3) is 0.600. The maximum absolute atomic E-state index is 10.4. The molecule has 0 amide bonds. The van der Waals surface area contributed by atoms with E-state index in [1.54, 1.807) is 7.11 Å². The van der Waals surface area contributed by atoms with Gasteiger partial charge in [0.1, 0.15) is 0 Å². The summed E-state index contributed by atoms with van der Waals surface area (Å²) in [6, 6.07) is 2.30. The van der Waals surface area contributed by atoms with Crippen LogP contribution in [0.1, 0.15) is 29.2 Å². The van der Waals surface area contributed by atoms with Gasteiger partial charge in [-0.25, -0.2) is 0 Å². The van der Waals surface area contributed by atoms with Gasteiger partial charge in [-0.15, -0.1) is 0 Å². The Morgan fingerprint density at radius 1 is 1.47 bits per heavy atom. The van der Waals surface area contributed by atoms with Crippen molar-refractivity contribution < 1.29 is 9.84 Å². The topological polar surface area (TPSA) is 58.7 Å². The third-order valence-corrected chi connectivity index (χ3v) is 4.32. The molecule has 1 aromatic carbocycles. The Kier molecular flexibility index (Phi) is 4.02. The van der Waals surface area contributed by atoms with E-state index in [1.165, 1.54) is 0 Å². The fourth-order valence-corrected chi connectivity index (χ4v) is 3.04. The van der Waals surface area contributed by atoms with Crippen molar-refractivity contribution in [2.24, 2.45) is 11.7 Å². The quantitative estimate of drug-likeness (QED) is 0.876. The van der Waals surface area contributed by atoms with Gasteiger partial charge in [-0.05, 0) is 50.9 Å². The molecule has 0 saturated carbocycles. The van der Waals surface area contributed by atoms with Crippen LogP contribution in [-0.2, 0) is 0 Å². The Balaban J connectivity index is 2.43. The van der Waals surface area contributed by atoms with Crippen LogP contribution in [0.3, 0.4) is 0 Å². The van der Waals surface area contributed by atoms with E-state index in [0.29, 0.717) is 18.2 Å². The van der Waals surface area contributed by atoms with Gasteiger partial charge in [0.05, 0.1) is 7.11 Å². The molecule has 2 rings (SSSR count). The number of aromatic hydroxyl groups is 1. The molecule has 4 nitrogen and oxygen atoms in total. The molecular formula is C15H24N2O2. The fourth-order valence-electron chi connectivity index (χ4n) is 3.04. The highest BCUT2D eigenvalue weighted by Gasteiger charge is 2.32. The Bertz CT molecular complexity index is 474. The molecule has 0 aromatic heterocycles. The Morgan fingerprint density at radius 2 is 2.16 bits per heavy atom. The van der Waals surface area contributed by atoms with Gasteiger partial charge in [0.2, 0.25) is 0 Å². The van der Waals surface area contributed by atoms with Crippen LogP contribution in [0.2, 0.25) is 0 Å². The molecule has 19 heavy (non-hydrogen) atoms. The predicted molar refractivity (Wildman–Crippen MR) is 76.7 cm³/mol. The number of nitrogens with zero attached hydrogens (tertiary/aromatic N) is 1. The van der Waals surface area contributed by atoms with E-state index >= 15 is 0 Å². The summed E-state index contributed by atoms with van der Waals surface area (Å²) in [4.78, 5) is 2.26. The van der Waals surface area contributed by atoms with E-state index in [1.807, 2.05) is 6.92 Å². The van der Waals surface area contributed by atoms with E-state index in [4.69, 9.17) is 10.5 Å². The molecule has 1 aromatic rings. The van der Waals surface area contributed by atoms with Crippen LogP contribution in [0.25, 0.3) is 0 Å². The average Bonchev–Trinajstić information content (AvgIpc) is 2.76. The lowest BCUT2D eigenvalue weighted by atomic mass is 9.95. The molecule has 3 N–H and O–H groups in total. The molecule has 1 heterocycles. The number of hydrogen-bond donors (Lipinski definition) is 2. The van der Waals surface area contributed by atoms with E-state index in [2.05, 4.69) is 24.9 Å². The second kappa shape index (κ2) is 5.39. The van der Waals surface area contributed by atoms with Crippen molar-refractivity contribution in [2.75, 3.05) is 27.2 Å². The predicted octanol–water partition coefficient (Wildman–Crippen LogP) is 1.97. The number of hydrogen-bond acceptors (Lipinski definition) is 4. The molecule has 0 bridgehead atoms. The smallest absolute Gasteiger partial charge is 0.163 e. The molecule has 4 heteroatoms. The first-order chi connectivity index (χ1) is 8.99. The molecule has 2 unspecified atom stereocenters. The minimum Gasteiger partial charge on any atom is -0.504 e. The van der Waals surface area contributed by atoms with Gasteiger partial charge < -0.3 is 15.6 Å². The van der Waals surface area contributed by atoms with Crippen LogP contribution >= 0.6 is 0 Å². The van der Waals surface area contributed by atoms with Gasteiger partial charge in [0, 0.05) is 18.2 Å². The largest absolute Gasteiger partial charge is 0.504 e. The molecule has 0 aliphatic carbocycles. The summed E-state index contributed by atoms with van der Waals surface area (Å²) in [5.74, 6) is 1.38. The van der Waals surface area contributed by atoms with Crippen molar-refractivity contribution in [3.63, 3.8) is 0 Å². The average molecular weight is 264 g/mol. The maximum Gasteiger partial charge on any atom is 0.163 e. The van der Waals surface area contributed by atoms with Crippen LogP contribution in [0.5, 0.6) is 11.5 Å². The first-order valence-corrected chi connectivity index (χ1v) is 6.76. The summed E-state index contributed by atoms with van der Waals surface area (Å²) < 4.78 is 5.35. The van der Waals surface area contributed by atoms with Crippen LogP contribution in [-0.4, -0.2) is 37.3 Å². The summed E-state index contributed by atoms with van der Waals surface area (Å²) >= 11 is 0. The highest BCUT2D eigenvalue weighted by atomic mass is 16.5. The number of ether oxygens (including phenoxy) is 1. The minimum absolute atomic E-state index is 0.224. The van der Waals surface area contributed by atoms with Crippen LogP contribution in [0.4, 0.5) is 0 Å². The van der Waals surface area contributed by atoms with Gasteiger partial charge in [-0.2, -0.15) is 0 Å². The number of phenols is 1. The van der Waals surface area contributed by atoms with E-state index in [0.717, 1.165) is 29.7 Å². The molecule has 106 valence electrons. The normalized spacial score (nSPS) is 23.8. The summed E-state index contributed by atoms with van der Waals surface area (Å²) in [6.45, 7) is 5.70. The van der Waals surface area contributed by atoms with Crippen molar-refractivity contribution >= 4 is 0 Å². The number of rotatable bonds is 3. The summed E-state index contributed by atoms with van der Waals surface area (Å²) in [6.07, 6.45) is 0.992. The van der Waals surface area contributed by atoms with Gasteiger partial charge in [-0.3, -0.25) is 4.90 Å². The zero-order valence-corrected chi connectivity index (χ0v) is 12.2. The van der Waals surface area contributed by atoms with Crippen molar-refractivity contribution in [1.82, 2.24) is 4.90 Å². The second-order valence-electron chi connectivity index (χ2n) is 5.58. The number of aryl methyl sites for hydroxylation is 1. The molecule has 2 atom stereocenters. The maximum atomic E-state index is 10.4. The monoisotopic (exact) mass is 264 g/mol. The summed E-state index contributed by atoms with van der Waals surface area (Å²) in [5, 5.41) is 10.4. The number of methoxy groups -OCH3 is 1. The summed E-state index contributed by atoms with van der Waals surface area (Å²) in [7, 11) is 3.69. The van der Waals surface area contributed by atoms with E-state index in [9.17, 15) is 5.11 Å². The molecule has 0 radical (unpaired) electrons. The number of nitrogens with two attached hydrogens (primary N) is 1. The van der Waals surface area contributed by atoms with Crippen LogP contribution in [0.15, 0.2) is 6.07 Å². The van der Waals surface area contributed by atoms with Crippen molar-refractivity contribution in [3.05, 3.63) is 22.8 Å². The molecule has 1 aliphatic heterocycles. The molecule has 1 aliphatic rings. The van der Waals surface area contributed by atoms with Crippen LogP contribution in [0, 0.1) is 19.8 Å². The van der Waals surface area contributed by atoms with Gasteiger partial charge in [0.15, 0.2) is 11.5 Å². The third-order valence-electron chi connectivity index (χ3n) is 4.32. The third kappa shape index (κ3) is 2.42. The Morgan fingerprint density at radius 3 is 2.68 bits per heavy atom. The second-order valence-corrected chi connectivity index (χ2v) is 5.58. The molecular weight excluding hydrogens is 240 g/mol. The zero-order chi connectivity index (χ0) is 14.2. The number of benzene rings is 1. The van der Waals surface area contributed by atoms with Crippen molar-refractivity contribution in [1.29, 1.82) is 0 Å². The van der Waals surface area contributed by atoms with Gasteiger partial charge >= 0.3 is 0 Å². The standard InChI is InChI=1S/C15H24N2O2/c1-9-5-12(14(18)15(19-4)10(9)2)13-6-11(7-16)8-17(13)3/h5,11,13,18H,6-8,16H2,1-4H3. The van der Waals surface area contributed by atoms with Crippen molar-refractivity contribution in [3.8, 4) is 11.5 Å². The summed E-state index contributed by atoms with van der Waals surface area (Å²) in [5.41, 5.74) is 8.87. The first-order valence-electron chi connectivity index (χ1n) is 6.76. The lowest BCUT2D eigenvalue weighted by Gasteiger charge is -2.23.